The van der Waals surface area contributed by atoms with Crippen LogP contribution in [0.1, 0.15) is 39.8 Å². The van der Waals surface area contributed by atoms with E-state index in [0.717, 1.165) is 6.42 Å². The minimum atomic E-state index is -3.10. The maximum atomic E-state index is 13.1. The number of halogens is 1. The quantitative estimate of drug-likeness (QED) is 0.742. The second kappa shape index (κ2) is 8.63. The van der Waals surface area contributed by atoms with Gasteiger partial charge < -0.3 is 10.2 Å². The number of carbonyl (C=O) groups is 2. The molecular weight excluding hydrogens is 420 g/mol. The SMILES string of the molecule is CCCN(C(=O)c1ccc(Cl)c(NC(=O)c2cccs2)c1)C1CCS(=O)(=O)C1. The van der Waals surface area contributed by atoms with Crippen LogP contribution in [0.3, 0.4) is 0 Å². The van der Waals surface area contributed by atoms with Gasteiger partial charge in [-0.3, -0.25) is 9.59 Å². The summed E-state index contributed by atoms with van der Waals surface area (Å²) in [5.41, 5.74) is 0.713. The van der Waals surface area contributed by atoms with E-state index in [1.807, 2.05) is 6.92 Å². The number of nitrogens with zero attached hydrogens (tertiary/aromatic N) is 1. The van der Waals surface area contributed by atoms with Gasteiger partial charge in [-0.05, 0) is 42.5 Å². The fourth-order valence-corrected chi connectivity index (χ4v) is 5.74. The molecule has 1 unspecified atom stereocenters. The van der Waals surface area contributed by atoms with Crippen molar-refractivity contribution in [3.8, 4) is 0 Å². The standard InChI is InChI=1S/C19H21ClN2O4S2/c1-2-8-22(14-7-10-28(25,26)12-14)19(24)13-5-6-15(20)16(11-13)21-18(23)17-4-3-9-27-17/h3-6,9,11,14H,2,7-8,10,12H2,1H3,(H,21,23). The smallest absolute Gasteiger partial charge is 0.265 e. The van der Waals surface area contributed by atoms with Crippen molar-refractivity contribution >= 4 is 50.3 Å². The van der Waals surface area contributed by atoms with Gasteiger partial charge in [-0.15, -0.1) is 11.3 Å². The van der Waals surface area contributed by atoms with Crippen molar-refractivity contribution < 1.29 is 18.0 Å². The summed E-state index contributed by atoms with van der Waals surface area (Å²) < 4.78 is 23.7. The Bertz CT molecular complexity index is 974. The number of benzene rings is 1. The molecule has 1 aliphatic rings. The van der Waals surface area contributed by atoms with Gasteiger partial charge in [0.1, 0.15) is 0 Å². The number of anilines is 1. The highest BCUT2D eigenvalue weighted by atomic mass is 35.5. The van der Waals surface area contributed by atoms with Gasteiger partial charge in [-0.25, -0.2) is 8.42 Å². The van der Waals surface area contributed by atoms with Crippen LogP contribution in [0.2, 0.25) is 5.02 Å². The van der Waals surface area contributed by atoms with Gasteiger partial charge >= 0.3 is 0 Å². The highest BCUT2D eigenvalue weighted by molar-refractivity contribution is 7.91. The van der Waals surface area contributed by atoms with Crippen molar-refractivity contribution in [2.24, 2.45) is 0 Å². The maximum Gasteiger partial charge on any atom is 0.265 e. The molecule has 1 atom stereocenters. The molecule has 3 rings (SSSR count). The molecule has 0 radical (unpaired) electrons. The molecule has 0 spiro atoms. The van der Waals surface area contributed by atoms with Gasteiger partial charge in [0, 0.05) is 18.2 Å². The van der Waals surface area contributed by atoms with E-state index in [1.165, 1.54) is 11.3 Å². The summed E-state index contributed by atoms with van der Waals surface area (Å²) in [6, 6.07) is 7.86. The van der Waals surface area contributed by atoms with E-state index in [9.17, 15) is 18.0 Å². The summed E-state index contributed by atoms with van der Waals surface area (Å²) in [6.45, 7) is 2.41. The molecule has 1 aromatic heterocycles. The molecule has 1 N–H and O–H groups in total. The Morgan fingerprint density at radius 1 is 1.32 bits per heavy atom. The van der Waals surface area contributed by atoms with Gasteiger partial charge in [0.2, 0.25) is 0 Å². The largest absolute Gasteiger partial charge is 0.335 e. The molecule has 0 saturated carbocycles. The molecule has 1 saturated heterocycles. The first kappa shape index (κ1) is 20.8. The van der Waals surface area contributed by atoms with Gasteiger partial charge in [-0.2, -0.15) is 0 Å². The zero-order chi connectivity index (χ0) is 20.3. The van der Waals surface area contributed by atoms with E-state index in [1.54, 1.807) is 40.6 Å². The summed E-state index contributed by atoms with van der Waals surface area (Å²) in [5.74, 6) is -0.455. The van der Waals surface area contributed by atoms with Crippen molar-refractivity contribution in [3.05, 3.63) is 51.2 Å². The highest BCUT2D eigenvalue weighted by Gasteiger charge is 2.34. The van der Waals surface area contributed by atoms with Crippen molar-refractivity contribution in [3.63, 3.8) is 0 Å². The molecular formula is C19H21ClN2O4S2. The van der Waals surface area contributed by atoms with E-state index < -0.39 is 9.84 Å². The topological polar surface area (TPSA) is 83.6 Å². The third-order valence-electron chi connectivity index (χ3n) is 4.58. The lowest BCUT2D eigenvalue weighted by atomic mass is 10.1. The van der Waals surface area contributed by atoms with Crippen molar-refractivity contribution in [1.82, 2.24) is 4.90 Å². The van der Waals surface area contributed by atoms with E-state index >= 15 is 0 Å². The van der Waals surface area contributed by atoms with Crippen LogP contribution in [0.25, 0.3) is 0 Å². The van der Waals surface area contributed by atoms with E-state index in [2.05, 4.69) is 5.32 Å². The van der Waals surface area contributed by atoms with Gasteiger partial charge in [0.15, 0.2) is 9.84 Å². The van der Waals surface area contributed by atoms with Crippen molar-refractivity contribution in [2.45, 2.75) is 25.8 Å². The number of thiophene rings is 1. The molecule has 1 fully saturated rings. The summed E-state index contributed by atoms with van der Waals surface area (Å²) in [7, 11) is -3.10. The molecule has 150 valence electrons. The highest BCUT2D eigenvalue weighted by Crippen LogP contribution is 2.27. The predicted molar refractivity (Wildman–Crippen MR) is 112 cm³/mol. The third-order valence-corrected chi connectivity index (χ3v) is 7.53. The van der Waals surface area contributed by atoms with Crippen LogP contribution in [0.15, 0.2) is 35.7 Å². The normalized spacial score (nSPS) is 18.0. The lowest BCUT2D eigenvalue weighted by Crippen LogP contribution is -2.41. The number of carbonyl (C=O) groups excluding carboxylic acids is 2. The zero-order valence-corrected chi connectivity index (χ0v) is 17.7. The average molecular weight is 441 g/mol. The molecule has 2 amide bonds. The lowest BCUT2D eigenvalue weighted by molar-refractivity contribution is 0.0697. The molecule has 1 aliphatic heterocycles. The zero-order valence-electron chi connectivity index (χ0n) is 15.4. The minimum absolute atomic E-state index is 0.00565. The lowest BCUT2D eigenvalue weighted by Gasteiger charge is -2.28. The van der Waals surface area contributed by atoms with Gasteiger partial charge in [-0.1, -0.05) is 24.6 Å². The second-order valence-electron chi connectivity index (χ2n) is 6.68. The fourth-order valence-electron chi connectivity index (χ4n) is 3.22. The molecule has 28 heavy (non-hydrogen) atoms. The van der Waals surface area contributed by atoms with Crippen LogP contribution >= 0.6 is 22.9 Å². The van der Waals surface area contributed by atoms with Crippen LogP contribution in [0.5, 0.6) is 0 Å². The Hall–Kier alpha value is -1.90. The maximum absolute atomic E-state index is 13.1. The molecule has 1 aromatic carbocycles. The Morgan fingerprint density at radius 2 is 2.11 bits per heavy atom. The number of hydrogen-bond donors (Lipinski definition) is 1. The molecule has 9 heteroatoms. The number of amides is 2. The third kappa shape index (κ3) is 4.74. The second-order valence-corrected chi connectivity index (χ2v) is 10.3. The van der Waals surface area contributed by atoms with Crippen LogP contribution in [0.4, 0.5) is 5.69 Å². The van der Waals surface area contributed by atoms with Crippen LogP contribution in [-0.2, 0) is 9.84 Å². The first-order valence-corrected chi connectivity index (χ1v) is 12.0. The van der Waals surface area contributed by atoms with Crippen LogP contribution < -0.4 is 5.32 Å². The van der Waals surface area contributed by atoms with E-state index in [4.69, 9.17) is 11.6 Å². The molecule has 6 nitrogen and oxygen atoms in total. The van der Waals surface area contributed by atoms with E-state index in [-0.39, 0.29) is 29.4 Å². The van der Waals surface area contributed by atoms with Crippen LogP contribution in [-0.4, -0.2) is 49.2 Å². The fraction of sp³-hybridized carbons (Fsp3) is 0.368. The predicted octanol–water partition coefficient (Wildman–Crippen LogP) is 3.69. The summed E-state index contributed by atoms with van der Waals surface area (Å²) in [6.07, 6.45) is 1.17. The van der Waals surface area contributed by atoms with Crippen molar-refractivity contribution in [1.29, 1.82) is 0 Å². The Balaban J connectivity index is 1.83. The summed E-state index contributed by atoms with van der Waals surface area (Å²) in [4.78, 5) is 27.6. The van der Waals surface area contributed by atoms with Crippen molar-refractivity contribution in [2.75, 3.05) is 23.4 Å². The molecule has 0 aliphatic carbocycles. The Morgan fingerprint density at radius 3 is 2.71 bits per heavy atom. The monoisotopic (exact) mass is 440 g/mol. The van der Waals surface area contributed by atoms with Gasteiger partial charge in [0.25, 0.3) is 11.8 Å². The van der Waals surface area contributed by atoms with Gasteiger partial charge in [0.05, 0.1) is 27.1 Å². The van der Waals surface area contributed by atoms with E-state index in [0.29, 0.717) is 34.1 Å². The molecule has 0 bridgehead atoms. The molecule has 2 heterocycles. The number of sulfone groups is 1. The average Bonchev–Trinajstić information content (AvgIpc) is 3.30. The Labute approximate surface area is 173 Å². The minimum Gasteiger partial charge on any atom is -0.335 e. The van der Waals surface area contributed by atoms with Crippen LogP contribution in [0, 0.1) is 0 Å². The number of hydrogen-bond acceptors (Lipinski definition) is 5. The summed E-state index contributed by atoms with van der Waals surface area (Å²) >= 11 is 7.50. The Kier molecular flexibility index (Phi) is 6.42. The molecule has 2 aromatic rings. The number of nitrogens with one attached hydrogen (secondary N) is 1. The first-order valence-electron chi connectivity index (χ1n) is 8.96. The first-order chi connectivity index (χ1) is 13.3. The number of rotatable bonds is 6. The summed E-state index contributed by atoms with van der Waals surface area (Å²) in [5, 5.41) is 4.86.